The van der Waals surface area contributed by atoms with E-state index >= 15 is 0 Å². The molecule has 0 aromatic carbocycles. The van der Waals surface area contributed by atoms with Crippen LogP contribution in [0.25, 0.3) is 0 Å². The third kappa shape index (κ3) is 3.23. The summed E-state index contributed by atoms with van der Waals surface area (Å²) in [5.41, 5.74) is 0.0934. The molecule has 3 rings (SSSR count). The zero-order valence-electron chi connectivity index (χ0n) is 13.2. The van der Waals surface area contributed by atoms with Gasteiger partial charge in [-0.3, -0.25) is 4.79 Å². The number of nitrogens with zero attached hydrogens (tertiary/aromatic N) is 2. The van der Waals surface area contributed by atoms with Crippen molar-refractivity contribution >= 4 is 11.6 Å². The van der Waals surface area contributed by atoms with E-state index in [0.717, 1.165) is 37.7 Å². The minimum atomic E-state index is -0.799. The Bertz CT molecular complexity index is 423. The van der Waals surface area contributed by atoms with Gasteiger partial charge in [0.2, 0.25) is 5.60 Å². The lowest BCUT2D eigenvalue weighted by Gasteiger charge is -2.37. The van der Waals surface area contributed by atoms with Crippen molar-refractivity contribution in [2.75, 3.05) is 13.1 Å². The van der Waals surface area contributed by atoms with Crippen LogP contribution in [0.2, 0.25) is 0 Å². The molecule has 1 atom stereocenters. The Labute approximate surface area is 127 Å². The Kier molecular flexibility index (Phi) is 4.20. The number of oxime groups is 1. The van der Waals surface area contributed by atoms with Crippen LogP contribution in [0.3, 0.4) is 0 Å². The van der Waals surface area contributed by atoms with E-state index < -0.39 is 5.60 Å². The maximum atomic E-state index is 12.4. The Balaban J connectivity index is 1.46. The molecule has 2 aliphatic heterocycles. The highest BCUT2D eigenvalue weighted by molar-refractivity contribution is 5.94. The number of piperidine rings is 1. The highest BCUT2D eigenvalue weighted by Crippen LogP contribution is 2.27. The summed E-state index contributed by atoms with van der Waals surface area (Å²) in [5, 5.41) is 7.08. The number of hydrogen-bond acceptors (Lipinski definition) is 4. The van der Waals surface area contributed by atoms with E-state index in [4.69, 9.17) is 4.84 Å². The summed E-state index contributed by atoms with van der Waals surface area (Å²) in [6.07, 6.45) is 8.20. The zero-order valence-corrected chi connectivity index (χ0v) is 13.2. The first-order valence-electron chi connectivity index (χ1n) is 8.33. The minimum absolute atomic E-state index is 0.0117. The van der Waals surface area contributed by atoms with Crippen LogP contribution in [0.4, 0.5) is 0 Å². The van der Waals surface area contributed by atoms with Gasteiger partial charge >= 0.3 is 0 Å². The van der Waals surface area contributed by atoms with Crippen LogP contribution in [-0.2, 0) is 9.63 Å². The average Bonchev–Trinajstić information content (AvgIpc) is 3.10. The highest BCUT2D eigenvalue weighted by atomic mass is 16.7. The van der Waals surface area contributed by atoms with Gasteiger partial charge in [-0.2, -0.15) is 0 Å². The molecule has 1 N–H and O–H groups in total. The second kappa shape index (κ2) is 5.95. The van der Waals surface area contributed by atoms with Gasteiger partial charge < -0.3 is 15.1 Å². The fourth-order valence-corrected chi connectivity index (χ4v) is 3.87. The summed E-state index contributed by atoms with van der Waals surface area (Å²) in [6.45, 7) is 5.96. The summed E-state index contributed by atoms with van der Waals surface area (Å²) < 4.78 is 0. The predicted octanol–water partition coefficient (Wildman–Crippen LogP) is 2.06. The number of nitrogens with one attached hydrogen (secondary N) is 1. The van der Waals surface area contributed by atoms with Crippen molar-refractivity contribution in [1.82, 2.24) is 10.2 Å². The highest BCUT2D eigenvalue weighted by Gasteiger charge is 2.41. The fraction of sp³-hybridized carbons (Fsp3) is 0.875. The van der Waals surface area contributed by atoms with Gasteiger partial charge in [-0.1, -0.05) is 18.0 Å². The van der Waals surface area contributed by atoms with E-state index in [0.29, 0.717) is 6.42 Å². The lowest BCUT2D eigenvalue weighted by Crippen LogP contribution is -2.52. The molecule has 3 aliphatic rings. The summed E-state index contributed by atoms with van der Waals surface area (Å²) >= 11 is 0. The molecule has 2 heterocycles. The van der Waals surface area contributed by atoms with E-state index in [1.165, 1.54) is 25.7 Å². The summed E-state index contributed by atoms with van der Waals surface area (Å²) in [5.74, 6) is -0.0117. The topological polar surface area (TPSA) is 53.9 Å². The first-order valence-corrected chi connectivity index (χ1v) is 8.33. The number of carbonyl (C=O) groups is 1. The first-order chi connectivity index (χ1) is 10.1. The van der Waals surface area contributed by atoms with Gasteiger partial charge in [0.25, 0.3) is 5.91 Å². The quantitative estimate of drug-likeness (QED) is 0.866. The minimum Gasteiger partial charge on any atom is -0.379 e. The van der Waals surface area contributed by atoms with Crippen LogP contribution in [0, 0.1) is 0 Å². The van der Waals surface area contributed by atoms with Crippen molar-refractivity contribution < 1.29 is 9.63 Å². The maximum absolute atomic E-state index is 12.4. The number of rotatable bonds is 3. The molecule has 0 bridgehead atoms. The molecule has 1 unspecified atom stereocenters. The molecule has 0 aromatic heterocycles. The van der Waals surface area contributed by atoms with Gasteiger partial charge in [0, 0.05) is 31.6 Å². The van der Waals surface area contributed by atoms with Crippen molar-refractivity contribution in [3.8, 4) is 0 Å². The molecule has 5 heteroatoms. The fourth-order valence-electron chi connectivity index (χ4n) is 3.87. The third-order valence-electron chi connectivity index (χ3n) is 5.18. The summed E-state index contributed by atoms with van der Waals surface area (Å²) in [6, 6.07) is 1.09. The van der Waals surface area contributed by atoms with Crippen molar-refractivity contribution in [1.29, 1.82) is 0 Å². The van der Waals surface area contributed by atoms with Gasteiger partial charge in [0.15, 0.2) is 0 Å². The van der Waals surface area contributed by atoms with Crippen LogP contribution in [0.5, 0.6) is 0 Å². The molecule has 1 amide bonds. The van der Waals surface area contributed by atoms with Crippen LogP contribution in [0.1, 0.15) is 58.8 Å². The second-order valence-corrected chi connectivity index (χ2v) is 7.05. The third-order valence-corrected chi connectivity index (χ3v) is 5.18. The molecular weight excluding hydrogens is 266 g/mol. The zero-order chi connectivity index (χ0) is 14.9. The van der Waals surface area contributed by atoms with Gasteiger partial charge in [0.1, 0.15) is 0 Å². The molecular formula is C16H27N3O2. The SMILES string of the molecule is CC1=NOC(C)(C(=O)NC2CCN(C3CCCC3)CC2)C1. The molecule has 21 heavy (non-hydrogen) atoms. The standard InChI is InChI=1S/C16H27N3O2/c1-12-11-16(2,21-18-12)15(20)17-13-7-9-19(10-8-13)14-5-3-4-6-14/h13-14H,3-11H2,1-2H3,(H,17,20). The van der Waals surface area contributed by atoms with E-state index in [2.05, 4.69) is 15.4 Å². The molecule has 0 spiro atoms. The summed E-state index contributed by atoms with van der Waals surface area (Å²) in [7, 11) is 0. The van der Waals surface area contributed by atoms with Crippen LogP contribution < -0.4 is 5.32 Å². The Morgan fingerprint density at radius 2 is 1.95 bits per heavy atom. The van der Waals surface area contributed by atoms with E-state index in [9.17, 15) is 4.79 Å². The number of likely N-dealkylation sites (tertiary alicyclic amines) is 1. The van der Waals surface area contributed by atoms with Crippen LogP contribution in [0.15, 0.2) is 5.16 Å². The number of hydrogen-bond donors (Lipinski definition) is 1. The van der Waals surface area contributed by atoms with Gasteiger partial charge in [-0.05, 0) is 39.5 Å². The second-order valence-electron chi connectivity index (χ2n) is 7.05. The molecule has 2 fully saturated rings. The largest absolute Gasteiger partial charge is 0.379 e. The molecule has 5 nitrogen and oxygen atoms in total. The molecule has 1 aliphatic carbocycles. The van der Waals surface area contributed by atoms with E-state index in [1.54, 1.807) is 0 Å². The van der Waals surface area contributed by atoms with Crippen molar-refractivity contribution in [2.45, 2.75) is 76.5 Å². The Hall–Kier alpha value is -1.10. The smallest absolute Gasteiger partial charge is 0.267 e. The van der Waals surface area contributed by atoms with Gasteiger partial charge in [-0.15, -0.1) is 0 Å². The molecule has 0 radical (unpaired) electrons. The van der Waals surface area contributed by atoms with Gasteiger partial charge in [0.05, 0.1) is 5.71 Å². The lowest BCUT2D eigenvalue weighted by atomic mass is 9.97. The average molecular weight is 293 g/mol. The number of carbonyl (C=O) groups excluding carboxylic acids is 1. The molecule has 1 saturated heterocycles. The van der Waals surface area contributed by atoms with Gasteiger partial charge in [-0.25, -0.2) is 0 Å². The van der Waals surface area contributed by atoms with Crippen molar-refractivity contribution in [3.63, 3.8) is 0 Å². The van der Waals surface area contributed by atoms with Crippen LogP contribution in [-0.4, -0.2) is 47.3 Å². The maximum Gasteiger partial charge on any atom is 0.267 e. The van der Waals surface area contributed by atoms with E-state index in [1.807, 2.05) is 13.8 Å². The molecule has 1 saturated carbocycles. The Morgan fingerprint density at radius 1 is 1.29 bits per heavy atom. The molecule has 118 valence electrons. The summed E-state index contributed by atoms with van der Waals surface area (Å²) in [4.78, 5) is 20.3. The van der Waals surface area contributed by atoms with E-state index in [-0.39, 0.29) is 11.9 Å². The van der Waals surface area contributed by atoms with Crippen molar-refractivity contribution in [2.24, 2.45) is 5.16 Å². The Morgan fingerprint density at radius 3 is 2.52 bits per heavy atom. The normalized spacial score (nSPS) is 32.0. The number of amides is 1. The van der Waals surface area contributed by atoms with Crippen molar-refractivity contribution in [3.05, 3.63) is 0 Å². The molecule has 0 aromatic rings. The lowest BCUT2D eigenvalue weighted by molar-refractivity contribution is -0.142. The monoisotopic (exact) mass is 293 g/mol. The van der Waals surface area contributed by atoms with Crippen LogP contribution >= 0.6 is 0 Å². The first kappa shape index (κ1) is 14.8. The predicted molar refractivity (Wildman–Crippen MR) is 82.2 cm³/mol.